The van der Waals surface area contributed by atoms with Crippen molar-refractivity contribution in [1.82, 2.24) is 0 Å². The van der Waals surface area contributed by atoms with E-state index in [0.717, 1.165) is 6.07 Å². The highest BCUT2D eigenvalue weighted by molar-refractivity contribution is 7.86. The molecule has 0 saturated heterocycles. The molecule has 0 bridgehead atoms. The fourth-order valence-electron chi connectivity index (χ4n) is 3.30. The summed E-state index contributed by atoms with van der Waals surface area (Å²) in [6.07, 6.45) is 0. The van der Waals surface area contributed by atoms with Crippen molar-refractivity contribution >= 4 is 53.2 Å². The van der Waals surface area contributed by atoms with Crippen LogP contribution in [0.5, 0.6) is 5.75 Å². The van der Waals surface area contributed by atoms with Crippen molar-refractivity contribution in [2.75, 3.05) is 0 Å². The van der Waals surface area contributed by atoms with Gasteiger partial charge in [0, 0.05) is 27.6 Å². The van der Waals surface area contributed by atoms with Gasteiger partial charge in [0.15, 0.2) is 0 Å². The van der Waals surface area contributed by atoms with E-state index in [9.17, 15) is 31.0 Å². The number of phenols is 1. The first kappa shape index (κ1) is 20.9. The van der Waals surface area contributed by atoms with E-state index >= 15 is 0 Å². The van der Waals surface area contributed by atoms with E-state index in [1.54, 1.807) is 30.3 Å². The summed E-state index contributed by atoms with van der Waals surface area (Å²) in [5.41, 5.74) is 0.219. The molecule has 0 spiro atoms. The molecule has 9 nitrogen and oxygen atoms in total. The molecule has 4 rings (SSSR count). The Morgan fingerprint density at radius 1 is 0.613 bits per heavy atom. The number of aromatic hydroxyl groups is 1. The Balaban J connectivity index is 1.93. The summed E-state index contributed by atoms with van der Waals surface area (Å²) in [5.74, 6) is -0.520. The largest absolute Gasteiger partial charge is 0.506 e. The molecule has 0 aliphatic rings. The smallest absolute Gasteiger partial charge is 0.295 e. The summed E-state index contributed by atoms with van der Waals surface area (Å²) in [5, 5.41) is 19.5. The minimum Gasteiger partial charge on any atom is -0.506 e. The first-order valence-corrected chi connectivity index (χ1v) is 11.6. The molecule has 3 N–H and O–H groups in total. The maximum Gasteiger partial charge on any atom is 0.295 e. The SMILES string of the molecule is O=S(=O)(O)c1ccc(N=Nc2c(O)cc(S(=O)(=O)O)c3ccccc23)c2ccccc12. The Labute approximate surface area is 176 Å². The van der Waals surface area contributed by atoms with Gasteiger partial charge in [0.25, 0.3) is 20.2 Å². The maximum absolute atomic E-state index is 11.7. The molecule has 0 aliphatic heterocycles. The Hall–Kier alpha value is -3.38. The zero-order valence-corrected chi connectivity index (χ0v) is 17.2. The van der Waals surface area contributed by atoms with Crippen molar-refractivity contribution in [3.05, 3.63) is 66.7 Å². The molecule has 4 aromatic rings. The molecule has 0 heterocycles. The summed E-state index contributed by atoms with van der Waals surface area (Å²) >= 11 is 0. The van der Waals surface area contributed by atoms with Gasteiger partial charge in [-0.3, -0.25) is 9.11 Å². The number of hydrogen-bond donors (Lipinski definition) is 3. The van der Waals surface area contributed by atoms with E-state index in [0.29, 0.717) is 5.39 Å². The van der Waals surface area contributed by atoms with Crippen LogP contribution in [0.4, 0.5) is 11.4 Å². The van der Waals surface area contributed by atoms with Gasteiger partial charge in [-0.15, -0.1) is 10.2 Å². The summed E-state index contributed by atoms with van der Waals surface area (Å²) < 4.78 is 65.5. The lowest BCUT2D eigenvalue weighted by molar-refractivity contribution is 0.468. The second kappa shape index (κ2) is 7.39. The van der Waals surface area contributed by atoms with Gasteiger partial charge in [-0.05, 0) is 12.1 Å². The van der Waals surface area contributed by atoms with Gasteiger partial charge in [-0.2, -0.15) is 16.8 Å². The number of nitrogens with zero attached hydrogens (tertiary/aromatic N) is 2. The van der Waals surface area contributed by atoms with Crippen LogP contribution in [0.25, 0.3) is 21.5 Å². The highest BCUT2D eigenvalue weighted by Crippen LogP contribution is 2.40. The van der Waals surface area contributed by atoms with E-state index in [2.05, 4.69) is 10.2 Å². The van der Waals surface area contributed by atoms with Crippen molar-refractivity contribution < 1.29 is 31.0 Å². The number of phenolic OH excluding ortho intramolecular Hbond substituents is 1. The summed E-state index contributed by atoms with van der Waals surface area (Å²) in [6, 6.07) is 15.9. The Morgan fingerprint density at radius 3 is 1.71 bits per heavy atom. The van der Waals surface area contributed by atoms with Gasteiger partial charge >= 0.3 is 0 Å². The molecule has 0 fully saturated rings. The molecule has 4 aromatic carbocycles. The van der Waals surface area contributed by atoms with Crippen LogP contribution in [0.3, 0.4) is 0 Å². The molecule has 0 atom stereocenters. The predicted octanol–water partition coefficient (Wildman–Crippen LogP) is 4.61. The van der Waals surface area contributed by atoms with Gasteiger partial charge in [0.1, 0.15) is 21.2 Å². The zero-order valence-electron chi connectivity index (χ0n) is 15.5. The Kier molecular flexibility index (Phi) is 4.98. The average Bonchev–Trinajstić information content (AvgIpc) is 2.71. The molecular weight excluding hydrogens is 444 g/mol. The third-order valence-corrected chi connectivity index (χ3v) is 6.44. The van der Waals surface area contributed by atoms with Crippen LogP contribution in [0, 0.1) is 0 Å². The minimum atomic E-state index is -4.60. The lowest BCUT2D eigenvalue weighted by atomic mass is 10.1. The van der Waals surface area contributed by atoms with Crippen LogP contribution in [-0.2, 0) is 20.2 Å². The first-order valence-electron chi connectivity index (χ1n) is 8.70. The molecule has 0 aromatic heterocycles. The summed E-state index contributed by atoms with van der Waals surface area (Å²) in [4.78, 5) is -0.754. The van der Waals surface area contributed by atoms with Crippen LogP contribution in [-0.4, -0.2) is 31.0 Å². The number of fused-ring (bicyclic) bond motifs is 2. The van der Waals surface area contributed by atoms with Crippen LogP contribution in [0.1, 0.15) is 0 Å². The topological polar surface area (TPSA) is 154 Å². The highest BCUT2D eigenvalue weighted by atomic mass is 32.2. The molecule has 0 radical (unpaired) electrons. The third kappa shape index (κ3) is 3.86. The molecule has 11 heteroatoms. The maximum atomic E-state index is 11.7. The predicted molar refractivity (Wildman–Crippen MR) is 113 cm³/mol. The van der Waals surface area contributed by atoms with Crippen molar-refractivity contribution in [2.24, 2.45) is 10.2 Å². The molecular formula is C20H14N2O7S2. The van der Waals surface area contributed by atoms with Gasteiger partial charge in [0.2, 0.25) is 0 Å². The summed E-state index contributed by atoms with van der Waals surface area (Å²) in [7, 11) is -9.06. The van der Waals surface area contributed by atoms with Crippen molar-refractivity contribution in [1.29, 1.82) is 0 Å². The van der Waals surface area contributed by atoms with Crippen LogP contribution in [0.2, 0.25) is 0 Å². The second-order valence-electron chi connectivity index (χ2n) is 6.57. The number of hydrogen-bond acceptors (Lipinski definition) is 7. The normalized spacial score (nSPS) is 12.7. The van der Waals surface area contributed by atoms with E-state index < -0.39 is 30.9 Å². The van der Waals surface area contributed by atoms with Crippen LogP contribution >= 0.6 is 0 Å². The molecule has 0 aliphatic carbocycles. The quantitative estimate of drug-likeness (QED) is 0.298. The minimum absolute atomic E-state index is 0.0362. The lowest BCUT2D eigenvalue weighted by Crippen LogP contribution is -1.99. The Bertz CT molecular complexity index is 1600. The van der Waals surface area contributed by atoms with Crippen molar-refractivity contribution in [3.63, 3.8) is 0 Å². The number of rotatable bonds is 4. The van der Waals surface area contributed by atoms with Gasteiger partial charge in [0.05, 0.1) is 5.69 Å². The summed E-state index contributed by atoms with van der Waals surface area (Å²) in [6.45, 7) is 0. The number of benzene rings is 4. The monoisotopic (exact) mass is 458 g/mol. The molecule has 0 saturated carbocycles. The Morgan fingerprint density at radius 2 is 1.13 bits per heavy atom. The van der Waals surface area contributed by atoms with Crippen molar-refractivity contribution in [3.8, 4) is 5.75 Å². The van der Waals surface area contributed by atoms with Gasteiger partial charge in [-0.1, -0.05) is 48.5 Å². The molecule has 158 valence electrons. The van der Waals surface area contributed by atoms with E-state index in [1.807, 2.05) is 0 Å². The van der Waals surface area contributed by atoms with Crippen LogP contribution in [0.15, 0.2) is 86.7 Å². The lowest BCUT2D eigenvalue weighted by Gasteiger charge is -2.09. The molecule has 31 heavy (non-hydrogen) atoms. The standard InChI is InChI=1S/C20H14N2O7S2/c23-17-11-19(31(27,28)29)14-7-3-4-8-15(14)20(17)22-21-16-9-10-18(30(24,25)26)13-6-2-1-5-12(13)16/h1-11,23H,(H,24,25,26)(H,27,28,29). The first-order chi connectivity index (χ1) is 14.6. The van der Waals surface area contributed by atoms with Crippen LogP contribution < -0.4 is 0 Å². The highest BCUT2D eigenvalue weighted by Gasteiger charge is 2.20. The third-order valence-electron chi connectivity index (χ3n) is 4.63. The second-order valence-corrected chi connectivity index (χ2v) is 9.35. The van der Waals surface area contributed by atoms with E-state index in [4.69, 9.17) is 0 Å². The van der Waals surface area contributed by atoms with Gasteiger partial charge in [-0.25, -0.2) is 0 Å². The molecule has 0 amide bonds. The molecule has 0 unspecified atom stereocenters. The fraction of sp³-hybridized carbons (Fsp3) is 0. The van der Waals surface area contributed by atoms with Crippen molar-refractivity contribution in [2.45, 2.75) is 9.79 Å². The van der Waals surface area contributed by atoms with E-state index in [1.165, 1.54) is 30.3 Å². The number of azo groups is 1. The van der Waals surface area contributed by atoms with Gasteiger partial charge < -0.3 is 5.11 Å². The fourth-order valence-corrected chi connectivity index (χ4v) is 4.72. The zero-order chi connectivity index (χ0) is 22.4. The van der Waals surface area contributed by atoms with E-state index in [-0.39, 0.29) is 32.4 Å². The average molecular weight is 458 g/mol.